The molecule has 0 aliphatic rings. The number of hydrogen-bond acceptors (Lipinski definition) is 7. The summed E-state index contributed by atoms with van der Waals surface area (Å²) in [5, 5.41) is 20.6. The van der Waals surface area contributed by atoms with Gasteiger partial charge in [-0.1, -0.05) is 17.7 Å². The molecular formula is C11H14ClN2O7P. The van der Waals surface area contributed by atoms with Crippen LogP contribution in [0.25, 0.3) is 0 Å². The molecule has 0 aromatic heterocycles. The molecule has 0 heterocycles. The molecule has 0 aliphatic heterocycles. The molecule has 0 saturated carbocycles. The highest BCUT2D eigenvalue weighted by molar-refractivity contribution is 7.58. The number of nitro benzene ring substituents is 1. The van der Waals surface area contributed by atoms with Crippen molar-refractivity contribution in [3.05, 3.63) is 38.9 Å². The fraction of sp³-hybridized carbons (Fsp3) is 0.364. The summed E-state index contributed by atoms with van der Waals surface area (Å²) in [6, 6.07) is 3.31. The molecule has 122 valence electrons. The Morgan fingerprint density at radius 1 is 1.55 bits per heavy atom. The maximum absolute atomic E-state index is 12.1. The van der Waals surface area contributed by atoms with E-state index in [9.17, 15) is 29.5 Å². The quantitative estimate of drug-likeness (QED) is 0.380. The first-order valence-corrected chi connectivity index (χ1v) is 8.31. The lowest BCUT2D eigenvalue weighted by atomic mass is 10.2. The van der Waals surface area contributed by atoms with Gasteiger partial charge in [-0.3, -0.25) is 19.5 Å². The third-order valence-electron chi connectivity index (χ3n) is 2.84. The zero-order chi connectivity index (χ0) is 16.9. The first kappa shape index (κ1) is 18.5. The Morgan fingerprint density at radius 3 is 2.73 bits per heavy atom. The predicted octanol–water partition coefficient (Wildman–Crippen LogP) is 1.71. The summed E-state index contributed by atoms with van der Waals surface area (Å²) in [5.41, 5.74) is -0.590. The minimum atomic E-state index is -4.10. The summed E-state index contributed by atoms with van der Waals surface area (Å²) in [6.07, 6.45) is -0.592. The van der Waals surface area contributed by atoms with Crippen molar-refractivity contribution in [3.8, 4) is 0 Å². The molecule has 0 radical (unpaired) electrons. The standard InChI is InChI=1S/C11H14ClN2O7P/c12-8-4-3-7(6-9(8)14(17)18)11(16)22(19,20)5-1-2-10(15)21-13/h3-4,6,11,16H,1-2,5,13H2,(H,19,20)/t11-/m0/s1. The molecule has 0 aliphatic carbocycles. The van der Waals surface area contributed by atoms with Crippen LogP contribution in [-0.4, -0.2) is 27.1 Å². The summed E-state index contributed by atoms with van der Waals surface area (Å²) in [4.78, 5) is 34.6. The molecule has 9 nitrogen and oxygen atoms in total. The molecule has 0 amide bonds. The number of carbonyl (C=O) groups is 1. The molecule has 0 bridgehead atoms. The van der Waals surface area contributed by atoms with Gasteiger partial charge in [-0.15, -0.1) is 0 Å². The van der Waals surface area contributed by atoms with Crippen LogP contribution in [0, 0.1) is 10.1 Å². The second-order valence-corrected chi connectivity index (χ2v) is 7.27. The van der Waals surface area contributed by atoms with Gasteiger partial charge >= 0.3 is 5.97 Å². The minimum absolute atomic E-state index is 0.0312. The normalized spacial score (nSPS) is 14.9. The number of halogens is 1. The average molecular weight is 353 g/mol. The van der Waals surface area contributed by atoms with Crippen LogP contribution in [0.1, 0.15) is 24.3 Å². The van der Waals surface area contributed by atoms with Crippen molar-refractivity contribution in [1.82, 2.24) is 0 Å². The summed E-state index contributed by atoms with van der Waals surface area (Å²) in [6.45, 7) is 0. The van der Waals surface area contributed by atoms with Crippen molar-refractivity contribution >= 4 is 30.6 Å². The highest BCUT2D eigenvalue weighted by atomic mass is 35.5. The number of carbonyl (C=O) groups excluding carboxylic acids is 1. The number of nitrogens with two attached hydrogens (primary N) is 1. The average Bonchev–Trinajstić information content (AvgIpc) is 2.46. The number of hydrogen-bond donors (Lipinski definition) is 3. The minimum Gasteiger partial charge on any atom is -0.378 e. The summed E-state index contributed by atoms with van der Waals surface area (Å²) >= 11 is 5.63. The van der Waals surface area contributed by atoms with Gasteiger partial charge in [0.05, 0.1) is 4.92 Å². The molecule has 0 spiro atoms. The van der Waals surface area contributed by atoms with Crippen LogP contribution in [0.5, 0.6) is 0 Å². The Hall–Kier alpha value is -1.51. The molecule has 1 aromatic carbocycles. The van der Waals surface area contributed by atoms with Crippen molar-refractivity contribution in [1.29, 1.82) is 0 Å². The predicted molar refractivity (Wildman–Crippen MR) is 77.3 cm³/mol. The smallest absolute Gasteiger partial charge is 0.324 e. The number of benzene rings is 1. The lowest BCUT2D eigenvalue weighted by molar-refractivity contribution is -0.384. The second kappa shape index (κ2) is 7.66. The fourth-order valence-electron chi connectivity index (χ4n) is 1.69. The van der Waals surface area contributed by atoms with E-state index in [4.69, 9.17) is 11.6 Å². The van der Waals surface area contributed by atoms with Gasteiger partial charge in [-0.05, 0) is 18.1 Å². The van der Waals surface area contributed by atoms with Gasteiger partial charge in [0.1, 0.15) is 5.02 Å². The molecule has 0 fully saturated rings. The molecular weight excluding hydrogens is 339 g/mol. The highest BCUT2D eigenvalue weighted by Crippen LogP contribution is 2.55. The van der Waals surface area contributed by atoms with E-state index in [1.54, 1.807) is 0 Å². The van der Waals surface area contributed by atoms with E-state index in [0.717, 1.165) is 12.1 Å². The Kier molecular flexibility index (Phi) is 6.46. The lowest BCUT2D eigenvalue weighted by Crippen LogP contribution is -2.11. The monoisotopic (exact) mass is 352 g/mol. The third-order valence-corrected chi connectivity index (χ3v) is 5.18. The molecule has 0 saturated heterocycles. The van der Waals surface area contributed by atoms with Gasteiger partial charge in [0.25, 0.3) is 5.69 Å². The molecule has 1 rings (SSSR count). The summed E-state index contributed by atoms with van der Waals surface area (Å²) < 4.78 is 12.1. The fourth-order valence-corrected chi connectivity index (χ4v) is 3.36. The van der Waals surface area contributed by atoms with Crippen molar-refractivity contribution in [2.75, 3.05) is 6.16 Å². The van der Waals surface area contributed by atoms with Gasteiger partial charge in [-0.25, -0.2) is 0 Å². The molecule has 4 N–H and O–H groups in total. The Morgan fingerprint density at radius 2 is 2.18 bits per heavy atom. The first-order chi connectivity index (χ1) is 10.2. The molecule has 1 unspecified atom stereocenters. The molecule has 1 aromatic rings. The Bertz CT molecular complexity index is 624. The van der Waals surface area contributed by atoms with E-state index in [-0.39, 0.29) is 29.6 Å². The first-order valence-electron chi connectivity index (χ1n) is 6.02. The maximum atomic E-state index is 12.1. The van der Waals surface area contributed by atoms with Gasteiger partial charge in [-0.2, -0.15) is 5.90 Å². The summed E-state index contributed by atoms with van der Waals surface area (Å²) in [5.74, 6) is 2.05. The molecule has 11 heteroatoms. The summed E-state index contributed by atoms with van der Waals surface area (Å²) in [7, 11) is -4.10. The second-order valence-electron chi connectivity index (χ2n) is 4.41. The van der Waals surface area contributed by atoms with Crippen LogP contribution in [0.2, 0.25) is 5.02 Å². The Labute approximate surface area is 130 Å². The molecule has 2 atom stereocenters. The van der Waals surface area contributed by atoms with Crippen LogP contribution in [0.3, 0.4) is 0 Å². The topological polar surface area (TPSA) is 153 Å². The number of nitro groups is 1. The van der Waals surface area contributed by atoms with Crippen LogP contribution in [-0.2, 0) is 14.2 Å². The SMILES string of the molecule is NOC(=O)CCCP(=O)(O)[C@H](O)c1ccc(Cl)c([N+](=O)[O-])c1. The Balaban J connectivity index is 2.87. The molecule has 22 heavy (non-hydrogen) atoms. The van der Waals surface area contributed by atoms with E-state index in [1.807, 2.05) is 0 Å². The van der Waals surface area contributed by atoms with Gasteiger partial charge in [0.2, 0.25) is 7.37 Å². The number of aliphatic hydroxyl groups excluding tert-OH is 1. The number of rotatable bonds is 7. The van der Waals surface area contributed by atoms with Gasteiger partial charge < -0.3 is 14.8 Å². The van der Waals surface area contributed by atoms with Crippen molar-refractivity contribution in [2.24, 2.45) is 5.90 Å². The zero-order valence-electron chi connectivity index (χ0n) is 11.2. The number of aliphatic hydroxyl groups is 1. The van der Waals surface area contributed by atoms with E-state index in [1.165, 1.54) is 6.07 Å². The third kappa shape index (κ3) is 4.75. The van der Waals surface area contributed by atoms with Crippen LogP contribution < -0.4 is 5.90 Å². The van der Waals surface area contributed by atoms with Gasteiger partial charge in [0.15, 0.2) is 5.85 Å². The lowest BCUT2D eigenvalue weighted by Gasteiger charge is -2.18. The largest absolute Gasteiger partial charge is 0.378 e. The van der Waals surface area contributed by atoms with Crippen molar-refractivity contribution in [2.45, 2.75) is 18.7 Å². The van der Waals surface area contributed by atoms with Crippen molar-refractivity contribution < 1.29 is 29.1 Å². The van der Waals surface area contributed by atoms with Crippen molar-refractivity contribution in [3.63, 3.8) is 0 Å². The van der Waals surface area contributed by atoms with Gasteiger partial charge in [0, 0.05) is 18.6 Å². The van der Waals surface area contributed by atoms with E-state index in [2.05, 4.69) is 10.7 Å². The van der Waals surface area contributed by atoms with Crippen LogP contribution in [0.4, 0.5) is 5.69 Å². The highest BCUT2D eigenvalue weighted by Gasteiger charge is 2.31. The van der Waals surface area contributed by atoms with Crippen LogP contribution >= 0.6 is 19.0 Å². The van der Waals surface area contributed by atoms with E-state index in [0.29, 0.717) is 0 Å². The zero-order valence-corrected chi connectivity index (χ0v) is 12.9. The van der Waals surface area contributed by atoms with E-state index >= 15 is 0 Å². The number of nitrogens with zero attached hydrogens (tertiary/aromatic N) is 1. The van der Waals surface area contributed by atoms with E-state index < -0.39 is 29.8 Å². The maximum Gasteiger partial charge on any atom is 0.324 e. The van der Waals surface area contributed by atoms with Crippen LogP contribution in [0.15, 0.2) is 18.2 Å².